The number of nitrogen functional groups attached to an aromatic ring is 1. The zero-order valence-electron chi connectivity index (χ0n) is 14.2. The Hall–Kier alpha value is -2.74. The number of benzene rings is 1. The predicted molar refractivity (Wildman–Crippen MR) is 101 cm³/mol. The number of hydrogen-bond donors (Lipinski definition) is 2. The molecule has 7 nitrogen and oxygen atoms in total. The molecule has 0 fully saturated rings. The van der Waals surface area contributed by atoms with Crippen LogP contribution in [0, 0.1) is 0 Å². The van der Waals surface area contributed by atoms with Crippen molar-refractivity contribution in [2.75, 3.05) is 5.73 Å². The van der Waals surface area contributed by atoms with E-state index in [9.17, 15) is 4.79 Å². The van der Waals surface area contributed by atoms with E-state index in [1.165, 1.54) is 0 Å². The number of aromatic nitrogens is 3. The second-order valence-corrected chi connectivity index (χ2v) is 6.32. The molecule has 0 radical (unpaired) electrons. The molecule has 0 aliphatic rings. The molecule has 0 saturated carbocycles. The molecular weight excluding hydrogens is 400 g/mol. The molecule has 3 aromatic rings. The normalized spacial score (nSPS) is 11.3. The predicted octanol–water partition coefficient (Wildman–Crippen LogP) is 4.13. The van der Waals surface area contributed by atoms with Crippen LogP contribution in [0.25, 0.3) is 11.4 Å². The SMILES string of the molecule is CCCC(C(=O)O)c1nc(-c2ccccc2)no1.Nc1ccc(Br)cn1. The van der Waals surface area contributed by atoms with Crippen LogP contribution in [0.4, 0.5) is 5.82 Å². The standard InChI is InChI=1S/C13H14N2O3.C5H5BrN2/c1-2-6-10(13(16)17)12-14-11(15-18-12)9-7-4-3-5-8-9;6-4-1-2-5(7)8-3-4/h3-5,7-8,10H,2,6H2,1H3,(H,16,17);1-3H,(H2,7,8). The highest BCUT2D eigenvalue weighted by Gasteiger charge is 2.25. The minimum atomic E-state index is -0.930. The summed E-state index contributed by atoms with van der Waals surface area (Å²) in [5.74, 6) is -0.510. The van der Waals surface area contributed by atoms with Gasteiger partial charge in [0, 0.05) is 16.2 Å². The summed E-state index contributed by atoms with van der Waals surface area (Å²) in [5, 5.41) is 12.9. The zero-order valence-corrected chi connectivity index (χ0v) is 15.8. The number of carboxylic acids is 1. The fraction of sp³-hybridized carbons (Fsp3) is 0.222. The Morgan fingerprint density at radius 1 is 1.27 bits per heavy atom. The number of carbonyl (C=O) groups is 1. The Labute approximate surface area is 159 Å². The Morgan fingerprint density at radius 3 is 2.54 bits per heavy atom. The van der Waals surface area contributed by atoms with Gasteiger partial charge in [-0.05, 0) is 34.5 Å². The summed E-state index contributed by atoms with van der Waals surface area (Å²) in [6.07, 6.45) is 2.90. The number of aliphatic carboxylic acids is 1. The minimum absolute atomic E-state index is 0.170. The molecule has 1 atom stereocenters. The van der Waals surface area contributed by atoms with Crippen molar-refractivity contribution in [1.82, 2.24) is 15.1 Å². The van der Waals surface area contributed by atoms with Gasteiger partial charge in [-0.25, -0.2) is 4.98 Å². The first-order chi connectivity index (χ1) is 12.5. The molecule has 3 rings (SSSR count). The third-order valence-electron chi connectivity index (χ3n) is 3.40. The molecule has 136 valence electrons. The average Bonchev–Trinajstić information content (AvgIpc) is 3.13. The molecule has 26 heavy (non-hydrogen) atoms. The number of pyridine rings is 1. The monoisotopic (exact) mass is 418 g/mol. The first-order valence-corrected chi connectivity index (χ1v) is 8.79. The van der Waals surface area contributed by atoms with Crippen LogP contribution in [0.2, 0.25) is 0 Å². The molecule has 0 saturated heterocycles. The minimum Gasteiger partial charge on any atom is -0.481 e. The molecule has 3 N–H and O–H groups in total. The van der Waals surface area contributed by atoms with Gasteiger partial charge in [-0.15, -0.1) is 0 Å². The summed E-state index contributed by atoms with van der Waals surface area (Å²) >= 11 is 3.23. The quantitative estimate of drug-likeness (QED) is 0.639. The third kappa shape index (κ3) is 5.66. The molecule has 1 aromatic carbocycles. The fourth-order valence-corrected chi connectivity index (χ4v) is 2.34. The maximum atomic E-state index is 11.1. The summed E-state index contributed by atoms with van der Waals surface area (Å²) in [6, 6.07) is 12.9. The lowest BCUT2D eigenvalue weighted by Gasteiger charge is -2.04. The number of anilines is 1. The van der Waals surface area contributed by atoms with Crippen molar-refractivity contribution in [1.29, 1.82) is 0 Å². The van der Waals surface area contributed by atoms with E-state index in [2.05, 4.69) is 31.1 Å². The lowest BCUT2D eigenvalue weighted by molar-refractivity contribution is -0.139. The Morgan fingerprint density at radius 2 is 2.00 bits per heavy atom. The van der Waals surface area contributed by atoms with Crippen molar-refractivity contribution in [3.05, 3.63) is 59.0 Å². The summed E-state index contributed by atoms with van der Waals surface area (Å²) in [6.45, 7) is 1.92. The molecule has 8 heteroatoms. The Balaban J connectivity index is 0.000000254. The van der Waals surface area contributed by atoms with Crippen molar-refractivity contribution < 1.29 is 14.4 Å². The van der Waals surface area contributed by atoms with E-state index >= 15 is 0 Å². The maximum absolute atomic E-state index is 11.1. The second-order valence-electron chi connectivity index (χ2n) is 5.40. The highest BCUT2D eigenvalue weighted by molar-refractivity contribution is 9.10. The van der Waals surface area contributed by atoms with Crippen molar-refractivity contribution in [3.63, 3.8) is 0 Å². The lowest BCUT2D eigenvalue weighted by atomic mass is 10.0. The van der Waals surface area contributed by atoms with Gasteiger partial charge in [0.05, 0.1) is 0 Å². The molecule has 0 bridgehead atoms. The van der Waals surface area contributed by atoms with E-state index in [1.807, 2.05) is 43.3 Å². The van der Waals surface area contributed by atoms with E-state index in [-0.39, 0.29) is 5.89 Å². The van der Waals surface area contributed by atoms with E-state index < -0.39 is 11.9 Å². The molecule has 0 amide bonds. The van der Waals surface area contributed by atoms with Gasteiger partial charge in [-0.1, -0.05) is 48.8 Å². The Kier molecular flexibility index (Phi) is 7.28. The second kappa shape index (κ2) is 9.67. The first kappa shape index (κ1) is 19.6. The first-order valence-electron chi connectivity index (χ1n) is 8.00. The Bertz CT molecular complexity index is 801. The molecular formula is C18H19BrN4O3. The van der Waals surface area contributed by atoms with Crippen LogP contribution in [0.1, 0.15) is 31.6 Å². The highest BCUT2D eigenvalue weighted by atomic mass is 79.9. The topological polar surface area (TPSA) is 115 Å². The molecule has 0 spiro atoms. The van der Waals surface area contributed by atoms with Crippen molar-refractivity contribution in [3.8, 4) is 11.4 Å². The van der Waals surface area contributed by atoms with Crippen LogP contribution in [0.5, 0.6) is 0 Å². The summed E-state index contributed by atoms with van der Waals surface area (Å²) in [4.78, 5) is 19.1. The summed E-state index contributed by atoms with van der Waals surface area (Å²) in [7, 11) is 0. The zero-order chi connectivity index (χ0) is 18.9. The van der Waals surface area contributed by atoms with Gasteiger partial charge in [0.1, 0.15) is 11.7 Å². The van der Waals surface area contributed by atoms with Gasteiger partial charge in [-0.2, -0.15) is 4.98 Å². The fourth-order valence-electron chi connectivity index (χ4n) is 2.11. The summed E-state index contributed by atoms with van der Waals surface area (Å²) < 4.78 is 6.00. The van der Waals surface area contributed by atoms with E-state index in [0.717, 1.165) is 16.5 Å². The highest BCUT2D eigenvalue weighted by Crippen LogP contribution is 2.23. The summed E-state index contributed by atoms with van der Waals surface area (Å²) in [5.41, 5.74) is 6.11. The number of nitrogens with two attached hydrogens (primary N) is 1. The molecule has 0 aliphatic heterocycles. The van der Waals surface area contributed by atoms with E-state index in [1.54, 1.807) is 12.3 Å². The molecule has 2 aromatic heterocycles. The van der Waals surface area contributed by atoms with Crippen LogP contribution < -0.4 is 5.73 Å². The lowest BCUT2D eigenvalue weighted by Crippen LogP contribution is -2.11. The number of hydrogen-bond acceptors (Lipinski definition) is 6. The van der Waals surface area contributed by atoms with E-state index in [4.69, 9.17) is 15.4 Å². The van der Waals surface area contributed by atoms with Gasteiger partial charge in [0.2, 0.25) is 11.7 Å². The van der Waals surface area contributed by atoms with Crippen LogP contribution in [0.15, 0.2) is 57.7 Å². The van der Waals surface area contributed by atoms with E-state index in [0.29, 0.717) is 18.1 Å². The number of nitrogens with zero attached hydrogens (tertiary/aromatic N) is 3. The van der Waals surface area contributed by atoms with Gasteiger partial charge >= 0.3 is 5.97 Å². The van der Waals surface area contributed by atoms with Gasteiger partial charge in [0.25, 0.3) is 0 Å². The van der Waals surface area contributed by atoms with Crippen LogP contribution >= 0.6 is 15.9 Å². The molecule has 0 aliphatic carbocycles. The van der Waals surface area contributed by atoms with Gasteiger partial charge in [0.15, 0.2) is 0 Å². The van der Waals surface area contributed by atoms with Crippen molar-refractivity contribution in [2.45, 2.75) is 25.7 Å². The average molecular weight is 419 g/mol. The largest absolute Gasteiger partial charge is 0.481 e. The van der Waals surface area contributed by atoms with Gasteiger partial charge in [-0.3, -0.25) is 4.79 Å². The smallest absolute Gasteiger partial charge is 0.316 e. The van der Waals surface area contributed by atoms with Crippen LogP contribution in [0.3, 0.4) is 0 Å². The van der Waals surface area contributed by atoms with Crippen molar-refractivity contribution in [2.24, 2.45) is 0 Å². The molecule has 2 heterocycles. The number of halogens is 1. The molecule has 1 unspecified atom stereocenters. The van der Waals surface area contributed by atoms with Gasteiger partial charge < -0.3 is 15.4 Å². The van der Waals surface area contributed by atoms with Crippen LogP contribution in [-0.4, -0.2) is 26.2 Å². The number of rotatable bonds is 5. The third-order valence-corrected chi connectivity index (χ3v) is 3.87. The van der Waals surface area contributed by atoms with Crippen molar-refractivity contribution >= 4 is 27.7 Å². The maximum Gasteiger partial charge on any atom is 0.316 e. The number of carboxylic acid groups (broad SMARTS) is 1. The van der Waals surface area contributed by atoms with Crippen LogP contribution in [-0.2, 0) is 4.79 Å².